The molecule has 1 aliphatic rings. The summed E-state index contributed by atoms with van der Waals surface area (Å²) in [7, 11) is 0.800. The molecule has 2 N–H and O–H groups in total. The summed E-state index contributed by atoms with van der Waals surface area (Å²) >= 11 is 13.5. The maximum atomic E-state index is 12.0. The van der Waals surface area contributed by atoms with Crippen LogP contribution >= 0.6 is 35.0 Å². The smallest absolute Gasteiger partial charge is 0.241 e. The Morgan fingerprint density at radius 2 is 2.05 bits per heavy atom. The zero-order valence-electron chi connectivity index (χ0n) is 12.1. The van der Waals surface area contributed by atoms with E-state index >= 15 is 0 Å². The van der Waals surface area contributed by atoms with Crippen LogP contribution in [-0.4, -0.2) is 50.5 Å². The Morgan fingerprint density at radius 1 is 1.41 bits per heavy atom. The number of amidine groups is 1. The molecule has 0 spiro atoms. The molecular weight excluding hydrogens is 369 g/mol. The van der Waals surface area contributed by atoms with Gasteiger partial charge in [-0.1, -0.05) is 35.0 Å². The molecule has 0 saturated carbocycles. The number of halogens is 2. The predicted octanol–water partition coefficient (Wildman–Crippen LogP) is 1.71. The van der Waals surface area contributed by atoms with Gasteiger partial charge in [0.1, 0.15) is 4.90 Å². The third-order valence-corrected chi connectivity index (χ3v) is 6.90. The molecular formula is C12H15Cl2N3O3S2. The van der Waals surface area contributed by atoms with Gasteiger partial charge in [0.25, 0.3) is 0 Å². The van der Waals surface area contributed by atoms with Crippen molar-refractivity contribution >= 4 is 50.2 Å². The second kappa shape index (κ2) is 6.18. The summed E-state index contributed by atoms with van der Waals surface area (Å²) in [4.78, 5) is 5.49. The fraction of sp³-hybridized carbons (Fsp3) is 0.417. The van der Waals surface area contributed by atoms with Crippen LogP contribution in [0.25, 0.3) is 0 Å². The van der Waals surface area contributed by atoms with Gasteiger partial charge >= 0.3 is 0 Å². The number of sulfonamides is 1. The van der Waals surface area contributed by atoms with Crippen LogP contribution < -0.4 is 4.72 Å². The van der Waals surface area contributed by atoms with Gasteiger partial charge in [0.05, 0.1) is 15.8 Å². The molecule has 1 atom stereocenters. The molecule has 0 amide bonds. The first kappa shape index (κ1) is 17.8. The van der Waals surface area contributed by atoms with E-state index in [9.17, 15) is 13.5 Å². The molecule has 1 saturated heterocycles. The summed E-state index contributed by atoms with van der Waals surface area (Å²) in [6, 6.07) is 2.62. The molecule has 1 heterocycles. The van der Waals surface area contributed by atoms with Crippen LogP contribution in [-0.2, 0) is 15.7 Å². The molecule has 1 fully saturated rings. The average molecular weight is 384 g/mol. The first-order valence-electron chi connectivity index (χ1n) is 6.16. The summed E-state index contributed by atoms with van der Waals surface area (Å²) in [6.45, 7) is 0. The van der Waals surface area contributed by atoms with Crippen molar-refractivity contribution in [3.8, 4) is 0 Å². The van der Waals surface area contributed by atoms with Gasteiger partial charge in [0.15, 0.2) is 10.9 Å². The minimum absolute atomic E-state index is 0.00983. The third kappa shape index (κ3) is 2.83. The molecule has 1 aliphatic heterocycles. The van der Waals surface area contributed by atoms with Crippen molar-refractivity contribution in [1.29, 1.82) is 0 Å². The zero-order valence-corrected chi connectivity index (χ0v) is 15.2. The Balaban J connectivity index is 2.65. The minimum Gasteiger partial charge on any atom is -0.366 e. The molecule has 0 radical (unpaired) electrons. The van der Waals surface area contributed by atoms with Gasteiger partial charge in [-0.2, -0.15) is 0 Å². The number of hydrogen-bond acceptors (Lipinski definition) is 5. The Kier molecular flexibility index (Phi) is 5.01. The van der Waals surface area contributed by atoms with Gasteiger partial charge in [-0.05, 0) is 19.2 Å². The lowest BCUT2D eigenvalue weighted by Gasteiger charge is -2.32. The summed E-state index contributed by atoms with van der Waals surface area (Å²) in [5.74, 6) is 0.274. The van der Waals surface area contributed by atoms with Gasteiger partial charge in [-0.15, -0.1) is 0 Å². The lowest BCUT2D eigenvalue weighted by Crippen LogP contribution is -2.42. The fourth-order valence-corrected chi connectivity index (χ4v) is 4.94. The quantitative estimate of drug-likeness (QED) is 0.829. The Bertz CT molecular complexity index is 739. The van der Waals surface area contributed by atoms with Crippen molar-refractivity contribution in [2.24, 2.45) is 4.99 Å². The van der Waals surface area contributed by atoms with Crippen LogP contribution in [0.4, 0.5) is 0 Å². The van der Waals surface area contributed by atoms with E-state index in [4.69, 9.17) is 23.2 Å². The van der Waals surface area contributed by atoms with Crippen molar-refractivity contribution in [3.63, 3.8) is 0 Å². The number of hydrogen-bond donors (Lipinski definition) is 2. The number of nitrogens with one attached hydrogen (secondary N) is 1. The highest BCUT2D eigenvalue weighted by Gasteiger charge is 2.44. The third-order valence-electron chi connectivity index (χ3n) is 3.45. The van der Waals surface area contributed by atoms with E-state index in [0.29, 0.717) is 5.17 Å². The van der Waals surface area contributed by atoms with Crippen LogP contribution in [0.15, 0.2) is 22.0 Å². The average Bonchev–Trinajstić information content (AvgIpc) is 2.75. The van der Waals surface area contributed by atoms with Gasteiger partial charge in [-0.3, -0.25) is 4.99 Å². The van der Waals surface area contributed by atoms with Crippen molar-refractivity contribution in [1.82, 2.24) is 9.62 Å². The van der Waals surface area contributed by atoms with Gasteiger partial charge in [0, 0.05) is 19.7 Å². The van der Waals surface area contributed by atoms with Crippen LogP contribution in [0.2, 0.25) is 10.0 Å². The first-order chi connectivity index (χ1) is 10.2. The predicted molar refractivity (Wildman–Crippen MR) is 90.2 cm³/mol. The second-order valence-corrected chi connectivity index (χ2v) is 8.25. The van der Waals surface area contributed by atoms with E-state index < -0.39 is 15.7 Å². The van der Waals surface area contributed by atoms with Crippen LogP contribution in [0, 0.1) is 0 Å². The molecule has 10 heteroatoms. The monoisotopic (exact) mass is 383 g/mol. The minimum atomic E-state index is -3.77. The molecule has 1 aromatic carbocycles. The highest BCUT2D eigenvalue weighted by atomic mass is 35.5. The zero-order chi connectivity index (χ0) is 16.7. The van der Waals surface area contributed by atoms with Crippen molar-refractivity contribution < 1.29 is 13.5 Å². The Labute approximate surface area is 143 Å². The van der Waals surface area contributed by atoms with Crippen molar-refractivity contribution in [2.45, 2.75) is 10.6 Å². The highest BCUT2D eigenvalue weighted by Crippen LogP contribution is 2.42. The second-order valence-electron chi connectivity index (χ2n) is 4.64. The van der Waals surface area contributed by atoms with Crippen molar-refractivity contribution in [2.75, 3.05) is 26.9 Å². The normalized spacial score (nSPS) is 24.3. The molecule has 1 unspecified atom stereocenters. The van der Waals surface area contributed by atoms with Crippen molar-refractivity contribution in [3.05, 3.63) is 27.7 Å². The summed E-state index contributed by atoms with van der Waals surface area (Å²) in [5.41, 5.74) is -1.19. The number of thioether (sulfide) groups is 1. The molecule has 6 nitrogen and oxygen atoms in total. The number of rotatable bonds is 3. The maximum Gasteiger partial charge on any atom is 0.241 e. The topological polar surface area (TPSA) is 82.0 Å². The van der Waals surface area contributed by atoms with Gasteiger partial charge < -0.3 is 10.0 Å². The van der Waals surface area contributed by atoms with E-state index in [1.165, 1.54) is 30.9 Å². The summed E-state index contributed by atoms with van der Waals surface area (Å²) in [6.07, 6.45) is 0. The fourth-order valence-electron chi connectivity index (χ4n) is 2.14. The van der Waals surface area contributed by atoms with Gasteiger partial charge in [0.2, 0.25) is 10.0 Å². The van der Waals surface area contributed by atoms with Crippen LogP contribution in [0.1, 0.15) is 5.56 Å². The van der Waals surface area contributed by atoms with E-state index in [-0.39, 0.29) is 26.3 Å². The lowest BCUT2D eigenvalue weighted by atomic mass is 10.0. The first-order valence-corrected chi connectivity index (χ1v) is 9.38. The molecule has 0 aromatic heterocycles. The van der Waals surface area contributed by atoms with Crippen LogP contribution in [0.5, 0.6) is 0 Å². The van der Waals surface area contributed by atoms with E-state index in [1.54, 1.807) is 19.0 Å². The standard InChI is InChI=1S/C12H15Cl2N3O3S2/c1-15-11-17(3)12(18,6-21-11)7-4-10(22(19,20)16-2)9(14)5-8(7)13/h4-5,16,18H,6H2,1-3H3/b15-11-. The van der Waals surface area contributed by atoms with Crippen LogP contribution in [0.3, 0.4) is 0 Å². The summed E-state index contributed by atoms with van der Waals surface area (Å²) in [5, 5.41) is 11.8. The SMILES string of the molecule is C/N=C1\SCC(O)(c2cc(S(=O)(=O)NC)c(Cl)cc2Cl)N1C. The van der Waals surface area contributed by atoms with Gasteiger partial charge in [-0.25, -0.2) is 13.1 Å². The summed E-state index contributed by atoms with van der Waals surface area (Å²) < 4.78 is 26.3. The van der Waals surface area contributed by atoms with E-state index in [2.05, 4.69) is 9.71 Å². The molecule has 2 rings (SSSR count). The molecule has 122 valence electrons. The van der Waals surface area contributed by atoms with E-state index in [1.807, 2.05) is 0 Å². The molecule has 0 bridgehead atoms. The Hall–Kier alpha value is -0.510. The largest absolute Gasteiger partial charge is 0.366 e. The Morgan fingerprint density at radius 3 is 2.55 bits per heavy atom. The maximum absolute atomic E-state index is 12.0. The number of nitrogens with zero attached hydrogens (tertiary/aromatic N) is 2. The van der Waals surface area contributed by atoms with E-state index in [0.717, 1.165) is 0 Å². The number of aliphatic imine (C=N–C) groups is 1. The highest BCUT2D eigenvalue weighted by molar-refractivity contribution is 8.14. The molecule has 0 aliphatic carbocycles. The number of benzene rings is 1. The molecule has 1 aromatic rings. The number of aliphatic hydroxyl groups is 1. The lowest BCUT2D eigenvalue weighted by molar-refractivity contribution is -0.0348. The molecule has 22 heavy (non-hydrogen) atoms.